The average molecular weight is 506 g/mol. The van der Waals surface area contributed by atoms with Gasteiger partial charge >= 0.3 is 0 Å². The van der Waals surface area contributed by atoms with E-state index in [9.17, 15) is 18.8 Å². The van der Waals surface area contributed by atoms with Gasteiger partial charge in [-0.25, -0.2) is 9.37 Å². The van der Waals surface area contributed by atoms with Gasteiger partial charge < -0.3 is 24.8 Å². The van der Waals surface area contributed by atoms with E-state index < -0.39 is 11.4 Å². The predicted molar refractivity (Wildman–Crippen MR) is 132 cm³/mol. The van der Waals surface area contributed by atoms with Crippen molar-refractivity contribution >= 4 is 17.7 Å². The summed E-state index contributed by atoms with van der Waals surface area (Å²) in [5.41, 5.74) is 0.681. The molecule has 0 saturated heterocycles. The van der Waals surface area contributed by atoms with Crippen molar-refractivity contribution in [2.45, 2.75) is 51.0 Å². The molecular weight excluding hydrogens is 477 g/mol. The molecule has 1 aromatic heterocycles. The van der Waals surface area contributed by atoms with Crippen LogP contribution in [-0.2, 0) is 24.4 Å². The number of nitrogens with zero attached hydrogens (tertiary/aromatic N) is 3. The normalized spacial score (nSPS) is 18.8. The van der Waals surface area contributed by atoms with Crippen LogP contribution in [0, 0.1) is 5.82 Å². The molecule has 37 heavy (non-hydrogen) atoms. The van der Waals surface area contributed by atoms with Crippen LogP contribution in [0.4, 0.5) is 4.39 Å². The molecule has 192 valence electrons. The van der Waals surface area contributed by atoms with Gasteiger partial charge in [-0.1, -0.05) is 24.3 Å². The topological polar surface area (TPSA) is 106 Å². The first kappa shape index (κ1) is 24.5. The number of carbonyl (C=O) groups excluding carboxylic acids is 3. The van der Waals surface area contributed by atoms with E-state index in [2.05, 4.69) is 15.6 Å². The summed E-state index contributed by atoms with van der Waals surface area (Å²) in [7, 11) is 1.58. The number of ether oxygens (including phenoxy) is 1. The molecule has 1 saturated carbocycles. The van der Waals surface area contributed by atoms with E-state index in [4.69, 9.17) is 4.74 Å². The molecule has 2 N–H and O–H groups in total. The lowest BCUT2D eigenvalue weighted by molar-refractivity contribution is -0.133. The molecular formula is C27H28FN5O4. The van der Waals surface area contributed by atoms with E-state index in [0.717, 1.165) is 24.0 Å². The van der Waals surface area contributed by atoms with Crippen LogP contribution in [0.25, 0.3) is 0 Å². The molecule has 1 aliphatic heterocycles. The zero-order valence-electron chi connectivity index (χ0n) is 20.7. The summed E-state index contributed by atoms with van der Waals surface area (Å²) in [5.74, 6) is -0.801. The maximum Gasteiger partial charge on any atom is 0.274 e. The van der Waals surface area contributed by atoms with Gasteiger partial charge in [0.25, 0.3) is 11.8 Å². The molecule has 2 heterocycles. The van der Waals surface area contributed by atoms with Crippen molar-refractivity contribution in [3.05, 3.63) is 83.2 Å². The van der Waals surface area contributed by atoms with Crippen molar-refractivity contribution in [1.82, 2.24) is 25.1 Å². The number of nitrogens with one attached hydrogen (secondary N) is 2. The number of hydrogen-bond acceptors (Lipinski definition) is 5. The van der Waals surface area contributed by atoms with E-state index in [1.807, 2.05) is 12.1 Å². The molecule has 9 nitrogen and oxygen atoms in total. The van der Waals surface area contributed by atoms with Crippen LogP contribution in [0.2, 0.25) is 0 Å². The second kappa shape index (κ2) is 9.68. The predicted octanol–water partition coefficient (Wildman–Crippen LogP) is 2.65. The number of amides is 3. The lowest BCUT2D eigenvalue weighted by atomic mass is 9.93. The second-order valence-electron chi connectivity index (χ2n) is 9.59. The fraction of sp³-hybridized carbons (Fsp3) is 0.333. The zero-order valence-corrected chi connectivity index (χ0v) is 20.7. The van der Waals surface area contributed by atoms with Gasteiger partial charge in [-0.3, -0.25) is 14.4 Å². The molecule has 2 aromatic carbocycles. The summed E-state index contributed by atoms with van der Waals surface area (Å²) < 4.78 is 20.0. The summed E-state index contributed by atoms with van der Waals surface area (Å²) >= 11 is 0. The lowest BCUT2D eigenvalue weighted by Crippen LogP contribution is -2.64. The second-order valence-corrected chi connectivity index (χ2v) is 9.59. The Morgan fingerprint density at radius 1 is 1.05 bits per heavy atom. The van der Waals surface area contributed by atoms with E-state index in [1.54, 1.807) is 47.8 Å². The Labute approximate surface area is 213 Å². The third-order valence-corrected chi connectivity index (χ3v) is 6.86. The van der Waals surface area contributed by atoms with Crippen LogP contribution < -0.4 is 15.4 Å². The van der Waals surface area contributed by atoms with E-state index >= 15 is 0 Å². The van der Waals surface area contributed by atoms with Gasteiger partial charge in [-0.2, -0.15) is 0 Å². The minimum absolute atomic E-state index is 0.0398. The largest absolute Gasteiger partial charge is 0.497 e. The van der Waals surface area contributed by atoms with E-state index in [1.165, 1.54) is 18.5 Å². The Balaban J connectivity index is 1.33. The van der Waals surface area contributed by atoms with Crippen molar-refractivity contribution in [1.29, 1.82) is 0 Å². The third-order valence-electron chi connectivity index (χ3n) is 6.86. The molecule has 0 unspecified atom stereocenters. The van der Waals surface area contributed by atoms with Gasteiger partial charge in [0, 0.05) is 19.1 Å². The summed E-state index contributed by atoms with van der Waals surface area (Å²) in [5, 5.41) is 5.71. The van der Waals surface area contributed by atoms with Gasteiger partial charge in [0.2, 0.25) is 5.91 Å². The van der Waals surface area contributed by atoms with E-state index in [0.29, 0.717) is 5.75 Å². The van der Waals surface area contributed by atoms with Crippen LogP contribution in [0.5, 0.6) is 5.75 Å². The molecule has 0 radical (unpaired) electrons. The highest BCUT2D eigenvalue weighted by atomic mass is 19.1. The van der Waals surface area contributed by atoms with E-state index in [-0.39, 0.29) is 54.7 Å². The van der Waals surface area contributed by atoms with Gasteiger partial charge in [0.15, 0.2) is 5.69 Å². The van der Waals surface area contributed by atoms with Crippen molar-refractivity contribution in [3.8, 4) is 5.75 Å². The maximum absolute atomic E-state index is 13.7. The quantitative estimate of drug-likeness (QED) is 0.490. The number of hydrogen-bond donors (Lipinski definition) is 2. The number of benzene rings is 2. The molecule has 0 spiro atoms. The van der Waals surface area contributed by atoms with Crippen molar-refractivity contribution in [3.63, 3.8) is 0 Å². The van der Waals surface area contributed by atoms with Crippen molar-refractivity contribution in [2.75, 3.05) is 7.11 Å². The first-order valence-corrected chi connectivity index (χ1v) is 12.1. The fourth-order valence-corrected chi connectivity index (χ4v) is 4.71. The number of methoxy groups -OCH3 is 1. The summed E-state index contributed by atoms with van der Waals surface area (Å²) in [6.07, 6.45) is 3.02. The number of fused-ring (bicyclic) bond motifs is 1. The molecule has 1 fully saturated rings. The van der Waals surface area contributed by atoms with Crippen molar-refractivity contribution < 1.29 is 23.5 Å². The third kappa shape index (κ3) is 4.78. The summed E-state index contributed by atoms with van der Waals surface area (Å²) in [4.78, 5) is 46.0. The van der Waals surface area contributed by atoms with Crippen LogP contribution in [0.3, 0.4) is 0 Å². The highest BCUT2D eigenvalue weighted by molar-refractivity contribution is 6.07. The number of aromatic nitrogens is 2. The highest BCUT2D eigenvalue weighted by Gasteiger charge is 2.53. The highest BCUT2D eigenvalue weighted by Crippen LogP contribution is 2.38. The Morgan fingerprint density at radius 3 is 2.30 bits per heavy atom. The Bertz CT molecular complexity index is 1330. The number of carbonyl (C=O) groups is 3. The average Bonchev–Trinajstić information content (AvgIpc) is 3.64. The minimum atomic E-state index is -1.16. The standard InChI is InChI=1S/C27H28FN5O4/c1-27(26(36)30-14-17-3-7-19(28)8-4-17)15-32-16-31-22(23(32)25(35)33(27)20-9-10-20)24(34)29-13-18-5-11-21(37-2)12-6-18/h3-8,11-12,16,20H,9-10,13-15H2,1-2H3,(H,29,34)(H,30,36)/t27-/m0/s1. The van der Waals surface area contributed by atoms with Gasteiger partial charge in [0.1, 0.15) is 22.8 Å². The van der Waals surface area contributed by atoms with Crippen LogP contribution >= 0.6 is 0 Å². The van der Waals surface area contributed by atoms with Gasteiger partial charge in [0.05, 0.1) is 20.0 Å². The fourth-order valence-electron chi connectivity index (χ4n) is 4.71. The van der Waals surface area contributed by atoms with Crippen LogP contribution in [0.15, 0.2) is 54.9 Å². The van der Waals surface area contributed by atoms with Crippen molar-refractivity contribution in [2.24, 2.45) is 0 Å². The number of imidazole rings is 1. The molecule has 5 rings (SSSR count). The smallest absolute Gasteiger partial charge is 0.274 e. The first-order chi connectivity index (χ1) is 17.8. The van der Waals surface area contributed by atoms with Crippen LogP contribution in [0.1, 0.15) is 51.9 Å². The molecule has 3 amide bonds. The summed E-state index contributed by atoms with van der Waals surface area (Å²) in [6, 6.07) is 13.1. The number of rotatable bonds is 8. The van der Waals surface area contributed by atoms with Gasteiger partial charge in [-0.05, 0) is 55.2 Å². The molecule has 1 aliphatic carbocycles. The zero-order chi connectivity index (χ0) is 26.2. The van der Waals surface area contributed by atoms with Crippen LogP contribution in [-0.4, -0.2) is 50.9 Å². The molecule has 3 aromatic rings. The molecule has 0 bridgehead atoms. The molecule has 10 heteroatoms. The summed E-state index contributed by atoms with van der Waals surface area (Å²) in [6.45, 7) is 2.37. The van der Waals surface area contributed by atoms with Gasteiger partial charge in [-0.15, -0.1) is 0 Å². The number of halogens is 1. The SMILES string of the molecule is COc1ccc(CNC(=O)c2ncn3c2C(=O)N(C2CC2)[C@](C)(C(=O)NCc2ccc(F)cc2)C3)cc1. The monoisotopic (exact) mass is 505 g/mol. The Kier molecular flexibility index (Phi) is 6.41. The Hall–Kier alpha value is -4.21. The first-order valence-electron chi connectivity index (χ1n) is 12.1. The lowest BCUT2D eigenvalue weighted by Gasteiger charge is -2.44. The Morgan fingerprint density at radius 2 is 1.68 bits per heavy atom. The molecule has 1 atom stereocenters. The maximum atomic E-state index is 13.7. The minimum Gasteiger partial charge on any atom is -0.497 e. The molecule has 2 aliphatic rings.